The lowest BCUT2D eigenvalue weighted by atomic mass is 10.0. The number of carboxylic acid groups (broad SMARTS) is 1. The zero-order valence-corrected chi connectivity index (χ0v) is 12.6. The number of nitrogens with one attached hydrogen (secondary N) is 1. The van der Waals surface area contributed by atoms with Crippen LogP contribution in [0.3, 0.4) is 0 Å². The predicted molar refractivity (Wildman–Crippen MR) is 84.9 cm³/mol. The van der Waals surface area contributed by atoms with Crippen molar-refractivity contribution in [2.75, 3.05) is 0 Å². The van der Waals surface area contributed by atoms with E-state index in [1.165, 1.54) is 24.3 Å². The molecule has 24 heavy (non-hydrogen) atoms. The zero-order chi connectivity index (χ0) is 17.5. The van der Waals surface area contributed by atoms with Crippen molar-refractivity contribution >= 4 is 11.9 Å². The van der Waals surface area contributed by atoms with E-state index in [1.807, 2.05) is 12.1 Å². The first kappa shape index (κ1) is 16.7. The van der Waals surface area contributed by atoms with E-state index in [1.54, 1.807) is 24.3 Å². The molecule has 118 valence electrons. The summed E-state index contributed by atoms with van der Waals surface area (Å²) >= 11 is 0. The smallest absolute Gasteiger partial charge is 0.326 e. The highest BCUT2D eigenvalue weighted by atomic mass is 16.4. The van der Waals surface area contributed by atoms with E-state index in [0.717, 1.165) is 0 Å². The number of nitrogens with zero attached hydrogens (tertiary/aromatic N) is 2. The standard InChI is InChI=1S/C18H13N3O3/c19-10-13-3-1-12(2-4-13)9-16(18(23)24)21-17(22)15-7-5-14(11-20)6-8-15/h1-8,16H,9H2,(H,21,22)(H,23,24)/t16-/m0/s1. The average molecular weight is 319 g/mol. The Bertz CT molecular complexity index is 828. The monoisotopic (exact) mass is 319 g/mol. The van der Waals surface area contributed by atoms with Gasteiger partial charge in [-0.1, -0.05) is 12.1 Å². The number of carbonyl (C=O) groups is 2. The van der Waals surface area contributed by atoms with E-state index in [0.29, 0.717) is 16.7 Å². The largest absolute Gasteiger partial charge is 0.480 e. The second-order valence-corrected chi connectivity index (χ2v) is 5.07. The Hall–Kier alpha value is -3.64. The van der Waals surface area contributed by atoms with Gasteiger partial charge in [0.15, 0.2) is 0 Å². The first-order valence-corrected chi connectivity index (χ1v) is 7.06. The molecule has 0 saturated heterocycles. The second-order valence-electron chi connectivity index (χ2n) is 5.07. The Balaban J connectivity index is 2.09. The van der Waals surface area contributed by atoms with Gasteiger partial charge >= 0.3 is 5.97 Å². The number of hydrogen-bond donors (Lipinski definition) is 2. The molecule has 0 spiro atoms. The predicted octanol–water partition coefficient (Wildman–Crippen LogP) is 1.86. The van der Waals surface area contributed by atoms with Crippen molar-refractivity contribution < 1.29 is 14.7 Å². The van der Waals surface area contributed by atoms with Crippen LogP contribution < -0.4 is 5.32 Å². The first-order chi connectivity index (χ1) is 11.5. The minimum absolute atomic E-state index is 0.100. The Morgan fingerprint density at radius 2 is 1.46 bits per heavy atom. The number of amides is 1. The van der Waals surface area contributed by atoms with Crippen LogP contribution in [0.15, 0.2) is 48.5 Å². The van der Waals surface area contributed by atoms with Crippen molar-refractivity contribution in [3.8, 4) is 12.1 Å². The fraction of sp³-hybridized carbons (Fsp3) is 0.111. The topological polar surface area (TPSA) is 114 Å². The van der Waals surface area contributed by atoms with Gasteiger partial charge in [0.25, 0.3) is 5.91 Å². The zero-order valence-electron chi connectivity index (χ0n) is 12.6. The Morgan fingerprint density at radius 1 is 0.958 bits per heavy atom. The lowest BCUT2D eigenvalue weighted by Gasteiger charge is -2.15. The van der Waals surface area contributed by atoms with Crippen LogP contribution >= 0.6 is 0 Å². The highest BCUT2D eigenvalue weighted by Gasteiger charge is 2.21. The third-order valence-electron chi connectivity index (χ3n) is 3.40. The Kier molecular flexibility index (Phi) is 5.28. The van der Waals surface area contributed by atoms with Crippen LogP contribution in [0.1, 0.15) is 27.0 Å². The minimum atomic E-state index is -1.15. The molecule has 1 atom stereocenters. The second kappa shape index (κ2) is 7.57. The quantitative estimate of drug-likeness (QED) is 0.873. The highest BCUT2D eigenvalue weighted by molar-refractivity contribution is 5.96. The van der Waals surface area contributed by atoms with E-state index in [4.69, 9.17) is 10.5 Å². The number of carbonyl (C=O) groups excluding carboxylic acids is 1. The van der Waals surface area contributed by atoms with Gasteiger partial charge in [0, 0.05) is 12.0 Å². The molecular weight excluding hydrogens is 306 g/mol. The molecule has 0 aliphatic rings. The van der Waals surface area contributed by atoms with Crippen molar-refractivity contribution in [2.45, 2.75) is 12.5 Å². The molecule has 6 nitrogen and oxygen atoms in total. The van der Waals surface area contributed by atoms with E-state index in [9.17, 15) is 14.7 Å². The third kappa shape index (κ3) is 4.19. The maximum Gasteiger partial charge on any atom is 0.326 e. The summed E-state index contributed by atoms with van der Waals surface area (Å²) in [5.74, 6) is -1.68. The molecule has 0 aliphatic heterocycles. The number of benzene rings is 2. The van der Waals surface area contributed by atoms with E-state index >= 15 is 0 Å². The molecule has 0 bridgehead atoms. The summed E-state index contributed by atoms with van der Waals surface area (Å²) in [5.41, 5.74) is 1.87. The van der Waals surface area contributed by atoms with Gasteiger partial charge in [0.1, 0.15) is 6.04 Å². The van der Waals surface area contributed by atoms with E-state index < -0.39 is 17.9 Å². The molecule has 0 fully saturated rings. The normalized spacial score (nSPS) is 10.9. The summed E-state index contributed by atoms with van der Waals surface area (Å²) in [7, 11) is 0. The van der Waals surface area contributed by atoms with Crippen LogP contribution in [0.2, 0.25) is 0 Å². The maximum atomic E-state index is 12.1. The van der Waals surface area contributed by atoms with Crippen molar-refractivity contribution in [1.29, 1.82) is 10.5 Å². The number of nitriles is 2. The third-order valence-corrected chi connectivity index (χ3v) is 3.40. The fourth-order valence-corrected chi connectivity index (χ4v) is 2.09. The molecule has 0 radical (unpaired) electrons. The van der Waals surface area contributed by atoms with Gasteiger partial charge in [-0.2, -0.15) is 10.5 Å². The summed E-state index contributed by atoms with van der Waals surface area (Å²) in [6.07, 6.45) is 0.100. The summed E-state index contributed by atoms with van der Waals surface area (Å²) < 4.78 is 0. The Morgan fingerprint density at radius 3 is 1.92 bits per heavy atom. The lowest BCUT2D eigenvalue weighted by molar-refractivity contribution is -0.139. The summed E-state index contributed by atoms with van der Waals surface area (Å²) in [6, 6.07) is 15.2. The fourth-order valence-electron chi connectivity index (χ4n) is 2.09. The van der Waals surface area contributed by atoms with Gasteiger partial charge < -0.3 is 10.4 Å². The van der Waals surface area contributed by atoms with Gasteiger partial charge in [-0.05, 0) is 42.0 Å². The van der Waals surface area contributed by atoms with Crippen LogP contribution in [0.25, 0.3) is 0 Å². The van der Waals surface area contributed by atoms with E-state index in [2.05, 4.69) is 5.32 Å². The van der Waals surface area contributed by atoms with Crippen molar-refractivity contribution in [2.24, 2.45) is 0 Å². The molecule has 0 unspecified atom stereocenters. The van der Waals surface area contributed by atoms with Crippen LogP contribution in [0.5, 0.6) is 0 Å². The van der Waals surface area contributed by atoms with Crippen LogP contribution in [0, 0.1) is 22.7 Å². The average Bonchev–Trinajstić information content (AvgIpc) is 2.61. The molecular formula is C18H13N3O3. The summed E-state index contributed by atoms with van der Waals surface area (Å²) in [4.78, 5) is 23.5. The molecule has 2 aromatic carbocycles. The van der Waals surface area contributed by atoms with Gasteiger partial charge in [-0.25, -0.2) is 4.79 Å². The van der Waals surface area contributed by atoms with Crippen molar-refractivity contribution in [1.82, 2.24) is 5.32 Å². The molecule has 0 heterocycles. The highest BCUT2D eigenvalue weighted by Crippen LogP contribution is 2.08. The summed E-state index contributed by atoms with van der Waals surface area (Å²) in [5, 5.41) is 29.3. The minimum Gasteiger partial charge on any atom is -0.480 e. The SMILES string of the molecule is N#Cc1ccc(C[C@H](NC(=O)c2ccc(C#N)cc2)C(=O)O)cc1. The van der Waals surface area contributed by atoms with Gasteiger partial charge in [0.2, 0.25) is 0 Å². The molecule has 0 aromatic heterocycles. The van der Waals surface area contributed by atoms with Gasteiger partial charge in [-0.15, -0.1) is 0 Å². The molecule has 6 heteroatoms. The molecule has 0 aliphatic carbocycles. The maximum absolute atomic E-state index is 12.1. The lowest BCUT2D eigenvalue weighted by Crippen LogP contribution is -2.42. The molecule has 2 N–H and O–H groups in total. The van der Waals surface area contributed by atoms with Crippen LogP contribution in [-0.4, -0.2) is 23.0 Å². The van der Waals surface area contributed by atoms with E-state index in [-0.39, 0.29) is 12.0 Å². The number of hydrogen-bond acceptors (Lipinski definition) is 4. The van der Waals surface area contributed by atoms with Crippen LogP contribution in [0.4, 0.5) is 0 Å². The number of rotatable bonds is 5. The van der Waals surface area contributed by atoms with Crippen LogP contribution in [-0.2, 0) is 11.2 Å². The van der Waals surface area contributed by atoms with Gasteiger partial charge in [-0.3, -0.25) is 4.79 Å². The molecule has 1 amide bonds. The number of aliphatic carboxylic acids is 1. The molecule has 0 saturated carbocycles. The first-order valence-electron chi connectivity index (χ1n) is 7.06. The molecule has 2 aromatic rings. The number of carboxylic acids is 1. The van der Waals surface area contributed by atoms with Gasteiger partial charge in [0.05, 0.1) is 23.3 Å². The van der Waals surface area contributed by atoms with Crippen molar-refractivity contribution in [3.63, 3.8) is 0 Å². The Labute approximate surface area is 138 Å². The summed E-state index contributed by atoms with van der Waals surface area (Å²) in [6.45, 7) is 0. The van der Waals surface area contributed by atoms with Crippen molar-refractivity contribution in [3.05, 3.63) is 70.8 Å². The molecule has 2 rings (SSSR count).